The minimum Gasteiger partial charge on any atom is -0.444 e. The van der Waals surface area contributed by atoms with Gasteiger partial charge in [-0.3, -0.25) is 0 Å². The molecule has 0 atom stereocenters. The average Bonchev–Trinajstić information content (AvgIpc) is 2.47. The van der Waals surface area contributed by atoms with Gasteiger partial charge in [0.25, 0.3) is 0 Å². The van der Waals surface area contributed by atoms with Crippen molar-refractivity contribution >= 4 is 6.09 Å². The zero-order chi connectivity index (χ0) is 18.9. The first-order chi connectivity index (χ1) is 11.4. The summed E-state index contributed by atoms with van der Waals surface area (Å²) in [7, 11) is 0. The van der Waals surface area contributed by atoms with Crippen LogP contribution in [0, 0.1) is 0 Å². The van der Waals surface area contributed by atoms with Crippen molar-refractivity contribution in [3.8, 4) is 0 Å². The molecule has 2 N–H and O–H groups in total. The number of nitrogens with one attached hydrogen (secondary N) is 1. The van der Waals surface area contributed by atoms with Gasteiger partial charge in [-0.2, -0.15) is 13.2 Å². The van der Waals surface area contributed by atoms with E-state index in [0.717, 1.165) is 12.1 Å². The molecule has 1 aromatic rings. The fourth-order valence-electron chi connectivity index (χ4n) is 2.99. The summed E-state index contributed by atoms with van der Waals surface area (Å²) in [4.78, 5) is 11.8. The Balaban J connectivity index is 2.00. The number of alkyl halides is 3. The van der Waals surface area contributed by atoms with E-state index < -0.39 is 29.0 Å². The minimum atomic E-state index is -4.44. The van der Waals surface area contributed by atoms with Gasteiger partial charge in [0.15, 0.2) is 0 Å². The van der Waals surface area contributed by atoms with Crippen LogP contribution in [0.4, 0.5) is 18.0 Å². The lowest BCUT2D eigenvalue weighted by molar-refractivity contribution is -0.137. The number of hydrogen-bond donors (Lipinski definition) is 2. The second kappa shape index (κ2) is 6.86. The monoisotopic (exact) mass is 359 g/mol. The zero-order valence-corrected chi connectivity index (χ0v) is 14.6. The molecule has 1 saturated carbocycles. The molecule has 7 heteroatoms. The Morgan fingerprint density at radius 1 is 1.24 bits per heavy atom. The van der Waals surface area contributed by atoms with Gasteiger partial charge in [0.2, 0.25) is 0 Å². The van der Waals surface area contributed by atoms with Gasteiger partial charge >= 0.3 is 12.3 Å². The van der Waals surface area contributed by atoms with Crippen LogP contribution >= 0.6 is 0 Å². The summed E-state index contributed by atoms with van der Waals surface area (Å²) in [6, 6.07) is 4.64. The number of rotatable bonds is 2. The summed E-state index contributed by atoms with van der Waals surface area (Å²) in [6.45, 7) is 5.29. The molecule has 0 radical (unpaired) electrons. The van der Waals surface area contributed by atoms with Crippen molar-refractivity contribution in [1.82, 2.24) is 5.32 Å². The van der Waals surface area contributed by atoms with Crippen molar-refractivity contribution in [2.45, 2.75) is 69.9 Å². The van der Waals surface area contributed by atoms with Crippen LogP contribution in [0.15, 0.2) is 24.3 Å². The van der Waals surface area contributed by atoms with E-state index in [1.807, 2.05) is 0 Å². The highest BCUT2D eigenvalue weighted by atomic mass is 19.4. The smallest absolute Gasteiger partial charge is 0.416 e. The van der Waals surface area contributed by atoms with E-state index in [1.54, 1.807) is 20.8 Å². The fourth-order valence-corrected chi connectivity index (χ4v) is 2.99. The Morgan fingerprint density at radius 3 is 2.36 bits per heavy atom. The zero-order valence-electron chi connectivity index (χ0n) is 14.6. The van der Waals surface area contributed by atoms with E-state index in [1.165, 1.54) is 12.1 Å². The maximum absolute atomic E-state index is 12.9. The molecule has 0 unspecified atom stereocenters. The molecule has 2 rings (SSSR count). The van der Waals surface area contributed by atoms with Crippen LogP contribution in [0.3, 0.4) is 0 Å². The summed E-state index contributed by atoms with van der Waals surface area (Å²) < 4.78 is 43.8. The summed E-state index contributed by atoms with van der Waals surface area (Å²) in [6.07, 6.45) is -3.49. The van der Waals surface area contributed by atoms with Gasteiger partial charge in [0, 0.05) is 6.04 Å². The number of amides is 1. The second-order valence-electron chi connectivity index (χ2n) is 7.53. The van der Waals surface area contributed by atoms with Crippen molar-refractivity contribution in [3.63, 3.8) is 0 Å². The number of aliphatic hydroxyl groups is 1. The molecule has 1 amide bonds. The lowest BCUT2D eigenvalue weighted by Gasteiger charge is -2.37. The molecule has 0 saturated heterocycles. The van der Waals surface area contributed by atoms with Crippen molar-refractivity contribution < 1.29 is 27.8 Å². The van der Waals surface area contributed by atoms with Gasteiger partial charge < -0.3 is 15.2 Å². The first kappa shape index (κ1) is 19.6. The quantitative estimate of drug-likeness (QED) is 0.825. The van der Waals surface area contributed by atoms with E-state index >= 15 is 0 Å². The predicted molar refractivity (Wildman–Crippen MR) is 87.0 cm³/mol. The first-order valence-electron chi connectivity index (χ1n) is 8.29. The van der Waals surface area contributed by atoms with E-state index in [0.29, 0.717) is 12.8 Å². The van der Waals surface area contributed by atoms with Gasteiger partial charge in [-0.1, -0.05) is 12.1 Å². The summed E-state index contributed by atoms with van der Waals surface area (Å²) in [5.41, 5.74) is -2.42. The van der Waals surface area contributed by atoms with Crippen molar-refractivity contribution in [2.75, 3.05) is 0 Å². The van der Waals surface area contributed by atoms with Crippen LogP contribution in [0.1, 0.15) is 57.6 Å². The van der Waals surface area contributed by atoms with Crippen molar-refractivity contribution in [2.24, 2.45) is 0 Å². The van der Waals surface area contributed by atoms with Crippen LogP contribution in [-0.2, 0) is 16.5 Å². The highest BCUT2D eigenvalue weighted by Crippen LogP contribution is 2.39. The Labute approximate surface area is 145 Å². The Hall–Kier alpha value is -1.76. The normalized spacial score (nSPS) is 24.7. The molecular formula is C18H24F3NO3. The van der Waals surface area contributed by atoms with Gasteiger partial charge in [-0.25, -0.2) is 4.79 Å². The van der Waals surface area contributed by atoms with Crippen LogP contribution in [0.25, 0.3) is 0 Å². The molecule has 0 heterocycles. The van der Waals surface area contributed by atoms with Crippen LogP contribution in [0.2, 0.25) is 0 Å². The highest BCUT2D eigenvalue weighted by molar-refractivity contribution is 5.68. The maximum atomic E-state index is 12.9. The molecule has 0 aliphatic heterocycles. The average molecular weight is 359 g/mol. The SMILES string of the molecule is CC(C)(C)OC(=O)NC1CCC(O)(c2cccc(C(F)(F)F)c2)CC1. The number of carbonyl (C=O) groups is 1. The van der Waals surface area contributed by atoms with Crippen molar-refractivity contribution in [1.29, 1.82) is 0 Å². The maximum Gasteiger partial charge on any atom is 0.416 e. The Morgan fingerprint density at radius 2 is 1.84 bits per heavy atom. The molecular weight excluding hydrogens is 335 g/mol. The molecule has 1 fully saturated rings. The molecule has 25 heavy (non-hydrogen) atoms. The molecule has 4 nitrogen and oxygen atoms in total. The van der Waals surface area contributed by atoms with Crippen molar-refractivity contribution in [3.05, 3.63) is 35.4 Å². The third-order valence-corrected chi connectivity index (χ3v) is 4.26. The first-order valence-corrected chi connectivity index (χ1v) is 8.29. The minimum absolute atomic E-state index is 0.166. The lowest BCUT2D eigenvalue weighted by atomic mass is 9.77. The molecule has 0 aromatic heterocycles. The largest absolute Gasteiger partial charge is 0.444 e. The Kier molecular flexibility index (Phi) is 5.37. The molecule has 0 bridgehead atoms. The number of ether oxygens (including phenoxy) is 1. The van der Waals surface area contributed by atoms with Gasteiger partial charge in [0.05, 0.1) is 11.2 Å². The topological polar surface area (TPSA) is 58.6 Å². The van der Waals surface area contributed by atoms with Gasteiger partial charge in [-0.15, -0.1) is 0 Å². The van der Waals surface area contributed by atoms with E-state index in [-0.39, 0.29) is 24.4 Å². The highest BCUT2D eigenvalue weighted by Gasteiger charge is 2.38. The molecule has 140 valence electrons. The van der Waals surface area contributed by atoms with Crippen LogP contribution in [0.5, 0.6) is 0 Å². The number of benzene rings is 1. The van der Waals surface area contributed by atoms with Crippen LogP contribution < -0.4 is 5.32 Å². The predicted octanol–water partition coefficient (Wildman–Crippen LogP) is 4.36. The van der Waals surface area contributed by atoms with Gasteiger partial charge in [-0.05, 0) is 64.2 Å². The molecule has 1 aliphatic carbocycles. The third-order valence-electron chi connectivity index (χ3n) is 4.26. The summed E-state index contributed by atoms with van der Waals surface area (Å²) in [5.74, 6) is 0. The Bertz CT molecular complexity index is 615. The summed E-state index contributed by atoms with van der Waals surface area (Å²) in [5, 5.41) is 13.5. The molecule has 1 aromatic carbocycles. The second-order valence-corrected chi connectivity index (χ2v) is 7.53. The number of halogens is 3. The number of alkyl carbamates (subject to hydrolysis) is 1. The van der Waals surface area contributed by atoms with Crippen LogP contribution in [-0.4, -0.2) is 22.8 Å². The number of hydrogen-bond acceptors (Lipinski definition) is 3. The van der Waals surface area contributed by atoms with E-state index in [2.05, 4.69) is 5.32 Å². The molecule has 1 aliphatic rings. The summed E-state index contributed by atoms with van der Waals surface area (Å²) >= 11 is 0. The fraction of sp³-hybridized carbons (Fsp3) is 0.611. The van der Waals surface area contributed by atoms with E-state index in [4.69, 9.17) is 4.74 Å². The number of carbonyl (C=O) groups excluding carboxylic acids is 1. The lowest BCUT2D eigenvalue weighted by Crippen LogP contribution is -2.44. The standard InChI is InChI=1S/C18H24F3NO3/c1-16(2,3)25-15(23)22-14-7-9-17(24,10-8-14)12-5-4-6-13(11-12)18(19,20)21/h4-6,11,14,24H,7-10H2,1-3H3,(H,22,23). The third kappa shape index (κ3) is 5.36. The van der Waals surface area contributed by atoms with Gasteiger partial charge in [0.1, 0.15) is 5.60 Å². The molecule has 0 spiro atoms. The van der Waals surface area contributed by atoms with E-state index in [9.17, 15) is 23.1 Å².